The lowest BCUT2D eigenvalue weighted by molar-refractivity contribution is -0.104. The summed E-state index contributed by atoms with van der Waals surface area (Å²) in [7, 11) is 1.60. The van der Waals surface area contributed by atoms with E-state index in [-0.39, 0.29) is 0 Å². The molecule has 1 N–H and O–H groups in total. The van der Waals surface area contributed by atoms with Crippen molar-refractivity contribution in [2.45, 2.75) is 31.8 Å². The zero-order chi connectivity index (χ0) is 11.4. The van der Waals surface area contributed by atoms with Gasteiger partial charge in [0.05, 0.1) is 17.1 Å². The Balaban J connectivity index is 2.74. The van der Waals surface area contributed by atoms with Crippen LogP contribution in [0.1, 0.15) is 26.2 Å². The molecule has 0 aliphatic carbocycles. The van der Waals surface area contributed by atoms with Crippen molar-refractivity contribution < 1.29 is 14.6 Å². The Labute approximate surface area is 90.8 Å². The Morgan fingerprint density at radius 2 is 2.13 bits per heavy atom. The summed E-state index contributed by atoms with van der Waals surface area (Å²) in [6, 6.07) is 2.28. The second-order valence-corrected chi connectivity index (χ2v) is 4.32. The zero-order valence-electron chi connectivity index (χ0n) is 9.45. The molecule has 1 heterocycles. The summed E-state index contributed by atoms with van der Waals surface area (Å²) in [5.74, 6) is 0. The van der Waals surface area contributed by atoms with Gasteiger partial charge in [-0.25, -0.2) is 0 Å². The third-order valence-corrected chi connectivity index (χ3v) is 3.38. The van der Waals surface area contributed by atoms with Crippen molar-refractivity contribution in [3.05, 3.63) is 0 Å². The molecule has 0 aromatic rings. The molecule has 4 heteroatoms. The van der Waals surface area contributed by atoms with Gasteiger partial charge in [0.2, 0.25) is 0 Å². The molecule has 4 nitrogen and oxygen atoms in total. The smallest absolute Gasteiger partial charge is 0.0902 e. The Morgan fingerprint density at radius 3 is 2.60 bits per heavy atom. The Bertz CT molecular complexity index is 239. The number of aliphatic hydroxyl groups is 1. The van der Waals surface area contributed by atoms with Gasteiger partial charge in [-0.15, -0.1) is 0 Å². The molecule has 1 saturated heterocycles. The molecule has 0 bridgehead atoms. The van der Waals surface area contributed by atoms with Crippen molar-refractivity contribution in [3.63, 3.8) is 0 Å². The number of ether oxygens (including phenoxy) is 2. The first-order valence-electron chi connectivity index (χ1n) is 5.28. The standard InChI is InChI=1S/C11H19NO3/c1-10(13,3-6-14-2)11(9-12)4-7-15-8-5-11/h13H,3-8H2,1-2H3. The summed E-state index contributed by atoms with van der Waals surface area (Å²) in [5, 5.41) is 19.6. The number of nitriles is 1. The molecule has 0 aromatic carbocycles. The highest BCUT2D eigenvalue weighted by Crippen LogP contribution is 2.42. The van der Waals surface area contributed by atoms with Crippen LogP contribution in [0.5, 0.6) is 0 Å². The zero-order valence-corrected chi connectivity index (χ0v) is 9.45. The summed E-state index contributed by atoms with van der Waals surface area (Å²) in [6.45, 7) is 3.30. The highest BCUT2D eigenvalue weighted by molar-refractivity contribution is 5.10. The SMILES string of the molecule is COCCC(C)(O)C1(C#N)CCOCC1. The van der Waals surface area contributed by atoms with Crippen LogP contribution in [0.3, 0.4) is 0 Å². The predicted octanol–water partition coefficient (Wildman–Crippen LogP) is 1.09. The summed E-state index contributed by atoms with van der Waals surface area (Å²) in [5.41, 5.74) is -1.68. The van der Waals surface area contributed by atoms with Crippen LogP contribution in [0.2, 0.25) is 0 Å². The average Bonchev–Trinajstić information content (AvgIpc) is 2.27. The van der Waals surface area contributed by atoms with Crippen molar-refractivity contribution in [1.82, 2.24) is 0 Å². The molecule has 1 rings (SSSR count). The largest absolute Gasteiger partial charge is 0.388 e. The number of nitrogens with zero attached hydrogens (tertiary/aromatic N) is 1. The van der Waals surface area contributed by atoms with Crippen LogP contribution in [-0.4, -0.2) is 37.6 Å². The van der Waals surface area contributed by atoms with Crippen LogP contribution in [0.15, 0.2) is 0 Å². The average molecular weight is 213 g/mol. The molecular formula is C11H19NO3. The number of hydrogen-bond acceptors (Lipinski definition) is 4. The first kappa shape index (κ1) is 12.4. The van der Waals surface area contributed by atoms with E-state index in [9.17, 15) is 10.4 Å². The molecule has 0 aromatic heterocycles. The molecule has 1 atom stereocenters. The Kier molecular flexibility index (Phi) is 4.09. The van der Waals surface area contributed by atoms with Crippen molar-refractivity contribution in [1.29, 1.82) is 5.26 Å². The quantitative estimate of drug-likeness (QED) is 0.759. The maximum Gasteiger partial charge on any atom is 0.0902 e. The van der Waals surface area contributed by atoms with Gasteiger partial charge in [0.25, 0.3) is 0 Å². The third kappa shape index (κ3) is 2.49. The molecule has 0 saturated carbocycles. The summed E-state index contributed by atoms with van der Waals surface area (Å²) >= 11 is 0. The molecule has 86 valence electrons. The van der Waals surface area contributed by atoms with E-state index >= 15 is 0 Å². The minimum absolute atomic E-state index is 0.470. The van der Waals surface area contributed by atoms with Gasteiger partial charge >= 0.3 is 0 Å². The maximum absolute atomic E-state index is 10.4. The van der Waals surface area contributed by atoms with E-state index in [1.807, 2.05) is 0 Å². The summed E-state index contributed by atoms with van der Waals surface area (Å²) in [4.78, 5) is 0. The highest BCUT2D eigenvalue weighted by Gasteiger charge is 2.48. The second kappa shape index (κ2) is 4.93. The van der Waals surface area contributed by atoms with Gasteiger partial charge in [0.15, 0.2) is 0 Å². The molecule has 0 radical (unpaired) electrons. The van der Waals surface area contributed by atoms with Crippen LogP contribution in [0, 0.1) is 16.7 Å². The van der Waals surface area contributed by atoms with Gasteiger partial charge < -0.3 is 14.6 Å². The van der Waals surface area contributed by atoms with Gasteiger partial charge in [-0.2, -0.15) is 5.26 Å². The lowest BCUT2D eigenvalue weighted by Crippen LogP contribution is -2.49. The van der Waals surface area contributed by atoms with E-state index in [2.05, 4.69) is 6.07 Å². The summed E-state index contributed by atoms with van der Waals surface area (Å²) in [6.07, 6.45) is 1.68. The van der Waals surface area contributed by atoms with Crippen LogP contribution in [0.25, 0.3) is 0 Å². The van der Waals surface area contributed by atoms with Crippen LogP contribution in [0.4, 0.5) is 0 Å². The normalized spacial score (nSPS) is 24.1. The van der Waals surface area contributed by atoms with Crippen LogP contribution in [-0.2, 0) is 9.47 Å². The van der Waals surface area contributed by atoms with Gasteiger partial charge in [0, 0.05) is 33.4 Å². The van der Waals surface area contributed by atoms with E-state index in [0.29, 0.717) is 39.1 Å². The fourth-order valence-corrected chi connectivity index (χ4v) is 2.03. The fourth-order valence-electron chi connectivity index (χ4n) is 2.03. The van der Waals surface area contributed by atoms with E-state index in [1.165, 1.54) is 0 Å². The Hall–Kier alpha value is -0.630. The van der Waals surface area contributed by atoms with Crippen molar-refractivity contribution in [2.75, 3.05) is 26.9 Å². The summed E-state index contributed by atoms with van der Waals surface area (Å²) < 4.78 is 10.2. The molecule has 1 fully saturated rings. The Morgan fingerprint density at radius 1 is 1.53 bits per heavy atom. The second-order valence-electron chi connectivity index (χ2n) is 4.32. The molecule has 1 aliphatic heterocycles. The van der Waals surface area contributed by atoms with Gasteiger partial charge in [0.1, 0.15) is 0 Å². The lowest BCUT2D eigenvalue weighted by Gasteiger charge is -2.42. The number of methoxy groups -OCH3 is 1. The first-order valence-corrected chi connectivity index (χ1v) is 5.28. The van der Waals surface area contributed by atoms with Crippen LogP contribution >= 0.6 is 0 Å². The lowest BCUT2D eigenvalue weighted by atomic mass is 9.67. The molecule has 0 spiro atoms. The minimum Gasteiger partial charge on any atom is -0.388 e. The van der Waals surface area contributed by atoms with Crippen molar-refractivity contribution in [2.24, 2.45) is 5.41 Å². The van der Waals surface area contributed by atoms with Crippen LogP contribution < -0.4 is 0 Å². The van der Waals surface area contributed by atoms with Gasteiger partial charge in [-0.1, -0.05) is 0 Å². The van der Waals surface area contributed by atoms with E-state index in [4.69, 9.17) is 9.47 Å². The highest BCUT2D eigenvalue weighted by atomic mass is 16.5. The van der Waals surface area contributed by atoms with E-state index in [0.717, 1.165) is 0 Å². The van der Waals surface area contributed by atoms with E-state index in [1.54, 1.807) is 14.0 Å². The maximum atomic E-state index is 10.4. The molecule has 1 aliphatic rings. The topological polar surface area (TPSA) is 62.5 Å². The van der Waals surface area contributed by atoms with Gasteiger partial charge in [-0.05, 0) is 19.8 Å². The molecule has 15 heavy (non-hydrogen) atoms. The monoisotopic (exact) mass is 213 g/mol. The van der Waals surface area contributed by atoms with Crippen molar-refractivity contribution >= 4 is 0 Å². The number of hydrogen-bond donors (Lipinski definition) is 1. The third-order valence-electron chi connectivity index (χ3n) is 3.38. The molecule has 1 unspecified atom stereocenters. The van der Waals surface area contributed by atoms with Crippen molar-refractivity contribution in [3.8, 4) is 6.07 Å². The predicted molar refractivity (Wildman–Crippen MR) is 55.2 cm³/mol. The number of rotatable bonds is 4. The molecule has 0 amide bonds. The first-order chi connectivity index (χ1) is 7.08. The fraction of sp³-hybridized carbons (Fsp3) is 0.909. The van der Waals surface area contributed by atoms with Gasteiger partial charge in [-0.3, -0.25) is 0 Å². The minimum atomic E-state index is -0.998. The van der Waals surface area contributed by atoms with E-state index < -0.39 is 11.0 Å². The molecular weight excluding hydrogens is 194 g/mol.